The first-order chi connectivity index (χ1) is 10.2. The molecule has 2 aromatic rings. The first-order valence-electron chi connectivity index (χ1n) is 7.76. The first-order valence-corrected chi connectivity index (χ1v) is 8.64. The lowest BCUT2D eigenvalue weighted by atomic mass is 10.1. The van der Waals surface area contributed by atoms with E-state index in [1.165, 1.54) is 6.42 Å². The first kappa shape index (κ1) is 16.2. The molecule has 0 aliphatic carbocycles. The van der Waals surface area contributed by atoms with Gasteiger partial charge in [-0.15, -0.1) is 11.3 Å². The average Bonchev–Trinajstić information content (AvgIpc) is 2.92. The van der Waals surface area contributed by atoms with Gasteiger partial charge in [-0.25, -0.2) is 9.97 Å². The molecule has 116 valence electrons. The van der Waals surface area contributed by atoms with Crippen molar-refractivity contribution in [2.45, 2.75) is 46.6 Å². The van der Waals surface area contributed by atoms with Gasteiger partial charge in [-0.1, -0.05) is 20.8 Å². The van der Waals surface area contributed by atoms with E-state index in [1.807, 2.05) is 0 Å². The summed E-state index contributed by atoms with van der Waals surface area (Å²) in [7, 11) is 0. The van der Waals surface area contributed by atoms with Crippen LogP contribution in [-0.4, -0.2) is 23.1 Å². The van der Waals surface area contributed by atoms with Crippen molar-refractivity contribution in [2.75, 3.05) is 18.5 Å². The minimum atomic E-state index is 0.493. The summed E-state index contributed by atoms with van der Waals surface area (Å²) in [6.07, 6.45) is 3.38. The van der Waals surface area contributed by atoms with Gasteiger partial charge in [-0.3, -0.25) is 0 Å². The fourth-order valence-corrected chi connectivity index (χ4v) is 2.88. The summed E-state index contributed by atoms with van der Waals surface area (Å²) in [5.41, 5.74) is 0. The molecule has 0 saturated heterocycles. The van der Waals surface area contributed by atoms with Crippen molar-refractivity contribution in [1.82, 2.24) is 9.97 Å². The van der Waals surface area contributed by atoms with Gasteiger partial charge in [0.1, 0.15) is 17.3 Å². The summed E-state index contributed by atoms with van der Waals surface area (Å²) in [6.45, 7) is 8.82. The Morgan fingerprint density at radius 2 is 2.19 bits per heavy atom. The summed E-state index contributed by atoms with van der Waals surface area (Å²) < 4.78 is 5.71. The topological polar surface area (TPSA) is 47.0 Å². The summed E-state index contributed by atoms with van der Waals surface area (Å²) in [5.74, 6) is 2.44. The van der Waals surface area contributed by atoms with Crippen LogP contribution in [0.1, 0.15) is 45.9 Å². The quantitative estimate of drug-likeness (QED) is 0.695. The van der Waals surface area contributed by atoms with Crippen LogP contribution in [-0.2, 0) is 11.3 Å². The normalized spacial score (nSPS) is 11.4. The highest BCUT2D eigenvalue weighted by Gasteiger charge is 2.08. The number of anilines is 1. The second-order valence-corrected chi connectivity index (χ2v) is 6.54. The Morgan fingerprint density at radius 1 is 1.33 bits per heavy atom. The monoisotopic (exact) mass is 307 g/mol. The molecule has 4 nitrogen and oxygen atoms in total. The molecule has 0 aliphatic heterocycles. The summed E-state index contributed by atoms with van der Waals surface area (Å²) in [6, 6.07) is 2.07. The average molecular weight is 307 g/mol. The molecule has 0 unspecified atom stereocenters. The minimum Gasteiger partial charge on any atom is -0.373 e. The molecular weight excluding hydrogens is 282 g/mol. The van der Waals surface area contributed by atoms with Crippen LogP contribution in [0, 0.1) is 5.92 Å². The van der Waals surface area contributed by atoms with Crippen molar-refractivity contribution in [1.29, 1.82) is 0 Å². The second kappa shape index (κ2) is 8.29. The predicted octanol–water partition coefficient (Wildman–Crippen LogP) is 4.47. The largest absolute Gasteiger partial charge is 0.373 e. The fraction of sp³-hybridized carbons (Fsp3) is 0.625. The molecule has 0 fully saturated rings. The molecule has 0 amide bonds. The molecule has 0 aliphatic rings. The van der Waals surface area contributed by atoms with Gasteiger partial charge in [0.25, 0.3) is 0 Å². The van der Waals surface area contributed by atoms with Crippen LogP contribution >= 0.6 is 11.3 Å². The fourth-order valence-electron chi connectivity index (χ4n) is 2.10. The van der Waals surface area contributed by atoms with Gasteiger partial charge in [-0.05, 0) is 36.6 Å². The molecule has 0 spiro atoms. The number of nitrogens with zero attached hydrogens (tertiary/aromatic N) is 2. The Morgan fingerprint density at radius 3 is 2.95 bits per heavy atom. The lowest BCUT2D eigenvalue weighted by Crippen LogP contribution is -2.07. The molecule has 2 heterocycles. The Balaban J connectivity index is 1.96. The molecular formula is C16H25N3OS. The molecule has 0 saturated carbocycles. The lowest BCUT2D eigenvalue weighted by Gasteiger charge is -2.09. The SMILES string of the molecule is CCCNc1nc(COCCCC(C)C)nc2sccc12. The number of hydrogen-bond donors (Lipinski definition) is 1. The maximum Gasteiger partial charge on any atom is 0.158 e. The maximum absolute atomic E-state index is 5.71. The number of thiophene rings is 1. The zero-order valence-corrected chi connectivity index (χ0v) is 14.0. The van der Waals surface area contributed by atoms with Crippen LogP contribution in [0.2, 0.25) is 0 Å². The molecule has 1 N–H and O–H groups in total. The standard InChI is InChI=1S/C16H25N3OS/c1-4-8-17-15-13-7-10-21-16(13)19-14(18-15)11-20-9-5-6-12(2)3/h7,10,12H,4-6,8-9,11H2,1-3H3,(H,17,18,19). The molecule has 0 radical (unpaired) electrons. The van der Waals surface area contributed by atoms with Crippen LogP contribution in [0.15, 0.2) is 11.4 Å². The van der Waals surface area contributed by atoms with E-state index < -0.39 is 0 Å². The van der Waals surface area contributed by atoms with Gasteiger partial charge < -0.3 is 10.1 Å². The van der Waals surface area contributed by atoms with Gasteiger partial charge in [0.2, 0.25) is 0 Å². The maximum atomic E-state index is 5.71. The zero-order chi connectivity index (χ0) is 15.1. The third-order valence-electron chi connectivity index (χ3n) is 3.22. The van der Waals surface area contributed by atoms with Gasteiger partial charge >= 0.3 is 0 Å². The van der Waals surface area contributed by atoms with Crippen molar-refractivity contribution >= 4 is 27.4 Å². The predicted molar refractivity (Wildman–Crippen MR) is 89.9 cm³/mol. The van der Waals surface area contributed by atoms with E-state index in [4.69, 9.17) is 4.74 Å². The Kier molecular flexibility index (Phi) is 6.39. The van der Waals surface area contributed by atoms with E-state index >= 15 is 0 Å². The molecule has 0 aromatic carbocycles. The molecule has 2 rings (SSSR count). The number of rotatable bonds is 9. The number of aromatic nitrogens is 2. The van der Waals surface area contributed by atoms with Crippen LogP contribution in [0.4, 0.5) is 5.82 Å². The summed E-state index contributed by atoms with van der Waals surface area (Å²) in [5, 5.41) is 6.55. The molecule has 5 heteroatoms. The van der Waals surface area contributed by atoms with Crippen molar-refractivity contribution in [3.63, 3.8) is 0 Å². The van der Waals surface area contributed by atoms with Crippen LogP contribution in [0.25, 0.3) is 10.2 Å². The van der Waals surface area contributed by atoms with E-state index in [1.54, 1.807) is 11.3 Å². The molecule has 0 atom stereocenters. The van der Waals surface area contributed by atoms with Crippen LogP contribution in [0.3, 0.4) is 0 Å². The smallest absolute Gasteiger partial charge is 0.158 e. The van der Waals surface area contributed by atoms with Crippen LogP contribution in [0.5, 0.6) is 0 Å². The third kappa shape index (κ3) is 4.93. The van der Waals surface area contributed by atoms with Gasteiger partial charge in [0.05, 0.1) is 5.39 Å². The summed E-state index contributed by atoms with van der Waals surface area (Å²) in [4.78, 5) is 10.2. The molecule has 0 bridgehead atoms. The van der Waals surface area contributed by atoms with Gasteiger partial charge in [0, 0.05) is 13.2 Å². The van der Waals surface area contributed by atoms with Crippen molar-refractivity contribution < 1.29 is 4.74 Å². The number of nitrogens with one attached hydrogen (secondary N) is 1. The van der Waals surface area contributed by atoms with Crippen LogP contribution < -0.4 is 5.32 Å². The Bertz CT molecular complexity index is 553. The highest BCUT2D eigenvalue weighted by atomic mass is 32.1. The van der Waals surface area contributed by atoms with Gasteiger partial charge in [-0.2, -0.15) is 0 Å². The van der Waals surface area contributed by atoms with Gasteiger partial charge in [0.15, 0.2) is 5.82 Å². The van der Waals surface area contributed by atoms with E-state index in [0.717, 1.165) is 53.8 Å². The Labute approximate surface area is 131 Å². The van der Waals surface area contributed by atoms with E-state index in [9.17, 15) is 0 Å². The number of hydrogen-bond acceptors (Lipinski definition) is 5. The third-order valence-corrected chi connectivity index (χ3v) is 4.02. The van der Waals surface area contributed by atoms with E-state index in [0.29, 0.717) is 6.61 Å². The number of fused-ring (bicyclic) bond motifs is 1. The van der Waals surface area contributed by atoms with Crippen molar-refractivity contribution in [2.24, 2.45) is 5.92 Å². The number of ether oxygens (including phenoxy) is 1. The zero-order valence-electron chi connectivity index (χ0n) is 13.2. The van der Waals surface area contributed by atoms with E-state index in [2.05, 4.69) is 47.5 Å². The van der Waals surface area contributed by atoms with Crippen molar-refractivity contribution in [3.8, 4) is 0 Å². The molecule has 21 heavy (non-hydrogen) atoms. The highest BCUT2D eigenvalue weighted by molar-refractivity contribution is 7.16. The molecule has 2 aromatic heterocycles. The minimum absolute atomic E-state index is 0.493. The second-order valence-electron chi connectivity index (χ2n) is 5.64. The lowest BCUT2D eigenvalue weighted by molar-refractivity contribution is 0.110. The van der Waals surface area contributed by atoms with E-state index in [-0.39, 0.29) is 0 Å². The highest BCUT2D eigenvalue weighted by Crippen LogP contribution is 2.25. The Hall–Kier alpha value is -1.20. The van der Waals surface area contributed by atoms with Crippen molar-refractivity contribution in [3.05, 3.63) is 17.3 Å². The summed E-state index contributed by atoms with van der Waals surface area (Å²) >= 11 is 1.65.